The highest BCUT2D eigenvalue weighted by molar-refractivity contribution is 7.36. The lowest BCUT2D eigenvalue weighted by Crippen LogP contribution is -2.42. The van der Waals surface area contributed by atoms with Gasteiger partial charge in [0.05, 0.1) is 6.07 Å². The van der Waals surface area contributed by atoms with Gasteiger partial charge in [-0.15, -0.1) is 0 Å². The minimum absolute atomic E-state index is 0.568. The Kier molecular flexibility index (Phi) is 3.22. The Balaban J connectivity index is 2.40. The second kappa shape index (κ2) is 4.00. The Morgan fingerprint density at radius 3 is 2.58 bits per heavy atom. The molecule has 4 heteroatoms. The maximum Gasteiger partial charge on any atom is 0.153 e. The van der Waals surface area contributed by atoms with E-state index < -0.39 is 5.60 Å². The molecular formula is C8H13N2OP. The number of aliphatic hydroxyl groups is 1. The molecule has 66 valence electrons. The summed E-state index contributed by atoms with van der Waals surface area (Å²) in [4.78, 5) is 2.22. The van der Waals surface area contributed by atoms with Crippen LogP contribution in [-0.2, 0) is 0 Å². The van der Waals surface area contributed by atoms with Gasteiger partial charge in [-0.1, -0.05) is 14.5 Å². The van der Waals surface area contributed by atoms with Crippen LogP contribution in [0.15, 0.2) is 0 Å². The van der Waals surface area contributed by atoms with Crippen molar-refractivity contribution < 1.29 is 5.11 Å². The number of hydrogen-bond donors (Lipinski definition) is 1. The van der Waals surface area contributed by atoms with Crippen molar-refractivity contribution in [3.8, 4) is 6.07 Å². The summed E-state index contributed by atoms with van der Waals surface area (Å²) in [6.45, 7) is 1.62. The van der Waals surface area contributed by atoms with Crippen LogP contribution in [0.25, 0.3) is 0 Å². The van der Waals surface area contributed by atoms with E-state index in [1.54, 1.807) is 0 Å². The van der Waals surface area contributed by atoms with Crippen molar-refractivity contribution in [2.24, 2.45) is 0 Å². The maximum absolute atomic E-state index is 9.56. The van der Waals surface area contributed by atoms with Crippen molar-refractivity contribution >= 4 is 14.5 Å². The molecule has 0 unspecified atom stereocenters. The molecule has 0 amide bonds. The first-order valence-corrected chi connectivity index (χ1v) is 5.25. The normalized spacial score (nSPS) is 23.7. The van der Waals surface area contributed by atoms with E-state index in [0.717, 1.165) is 27.6 Å². The van der Waals surface area contributed by atoms with E-state index in [-0.39, 0.29) is 0 Å². The quantitative estimate of drug-likeness (QED) is 0.507. The van der Waals surface area contributed by atoms with Crippen molar-refractivity contribution in [3.05, 3.63) is 0 Å². The fourth-order valence-corrected chi connectivity index (χ4v) is 1.88. The molecule has 1 heterocycles. The van der Waals surface area contributed by atoms with E-state index in [1.807, 2.05) is 6.07 Å². The Bertz CT molecular complexity index is 204. The number of rotatable bonds is 2. The third-order valence-corrected chi connectivity index (χ3v) is 2.79. The lowest BCUT2D eigenvalue weighted by atomic mass is 9.94. The molecule has 0 aliphatic carbocycles. The van der Waals surface area contributed by atoms with Gasteiger partial charge in [-0.25, -0.2) is 0 Å². The monoisotopic (exact) mass is 184 g/mol. The van der Waals surface area contributed by atoms with Crippen LogP contribution in [0.3, 0.4) is 0 Å². The van der Waals surface area contributed by atoms with Crippen molar-refractivity contribution in [1.29, 1.82) is 5.26 Å². The summed E-state index contributed by atoms with van der Waals surface area (Å²) in [5, 5.41) is 18.2. The predicted molar refractivity (Wildman–Crippen MR) is 50.3 cm³/mol. The largest absolute Gasteiger partial charge is 0.375 e. The average Bonchev–Trinajstić information content (AvgIpc) is 2.10. The summed E-state index contributed by atoms with van der Waals surface area (Å²) in [6, 6.07) is 1.95. The fraction of sp³-hybridized carbons (Fsp3) is 0.750. The second-order valence-electron chi connectivity index (χ2n) is 3.13. The summed E-state index contributed by atoms with van der Waals surface area (Å²) >= 11 is 0. The summed E-state index contributed by atoms with van der Waals surface area (Å²) < 4.78 is 0. The number of likely N-dealkylation sites (tertiary alicyclic amines) is 1. The zero-order chi connectivity index (χ0) is 9.03. The Labute approximate surface area is 74.4 Å². The van der Waals surface area contributed by atoms with Gasteiger partial charge in [0.25, 0.3) is 0 Å². The third kappa shape index (κ3) is 2.28. The molecule has 3 nitrogen and oxygen atoms in total. The van der Waals surface area contributed by atoms with Gasteiger partial charge in [-0.05, 0) is 0 Å². The Morgan fingerprint density at radius 2 is 2.17 bits per heavy atom. The first-order chi connectivity index (χ1) is 5.70. The molecule has 1 saturated heterocycles. The van der Waals surface area contributed by atoms with Crippen LogP contribution in [0.1, 0.15) is 12.8 Å². The van der Waals surface area contributed by atoms with Gasteiger partial charge in [0, 0.05) is 32.2 Å². The Morgan fingerprint density at radius 1 is 1.58 bits per heavy atom. The fourth-order valence-electron chi connectivity index (χ4n) is 1.32. The van der Waals surface area contributed by atoms with E-state index in [1.165, 1.54) is 0 Å². The van der Waals surface area contributed by atoms with Crippen LogP contribution in [0.2, 0.25) is 0 Å². The summed E-state index contributed by atoms with van der Waals surface area (Å²) in [6.07, 6.45) is 5.82. The molecule has 0 bridgehead atoms. The average molecular weight is 184 g/mol. The highest BCUT2D eigenvalue weighted by Crippen LogP contribution is 2.21. The molecule has 0 aromatic rings. The first kappa shape index (κ1) is 9.67. The number of nitrogens with zero attached hydrogens (tertiary/aromatic N) is 2. The first-order valence-electron chi connectivity index (χ1n) is 3.99. The summed E-state index contributed by atoms with van der Waals surface area (Å²) in [5.74, 6) is 0. The minimum Gasteiger partial charge on any atom is -0.375 e. The molecule has 0 aromatic carbocycles. The van der Waals surface area contributed by atoms with Crippen LogP contribution >= 0.6 is 8.20 Å². The standard InChI is InChI=1S/C8H13N2OP/c1-12-7-10-4-2-8(11,6-9)3-5-10/h11H,1-5,7H2. The summed E-state index contributed by atoms with van der Waals surface area (Å²) in [5.41, 5.74) is -1.06. The molecule has 0 radical (unpaired) electrons. The molecule has 12 heavy (non-hydrogen) atoms. The molecule has 1 aliphatic heterocycles. The maximum atomic E-state index is 9.56. The number of hydrogen-bond acceptors (Lipinski definition) is 3. The van der Waals surface area contributed by atoms with Gasteiger partial charge >= 0.3 is 0 Å². The molecule has 1 rings (SSSR count). The highest BCUT2D eigenvalue weighted by atomic mass is 31.1. The van der Waals surface area contributed by atoms with Gasteiger partial charge in [0.1, 0.15) is 0 Å². The number of nitriles is 1. The lowest BCUT2D eigenvalue weighted by Gasteiger charge is -2.32. The SMILES string of the molecule is C=PCN1CCC(O)(C#N)CC1. The zero-order valence-electron chi connectivity index (χ0n) is 7.03. The molecular weight excluding hydrogens is 171 g/mol. The van der Waals surface area contributed by atoms with E-state index in [0.29, 0.717) is 12.8 Å². The van der Waals surface area contributed by atoms with Gasteiger partial charge < -0.3 is 5.11 Å². The summed E-state index contributed by atoms with van der Waals surface area (Å²) in [7, 11) is 1.10. The smallest absolute Gasteiger partial charge is 0.153 e. The van der Waals surface area contributed by atoms with E-state index >= 15 is 0 Å². The van der Waals surface area contributed by atoms with E-state index in [4.69, 9.17) is 5.26 Å². The molecule has 0 atom stereocenters. The van der Waals surface area contributed by atoms with E-state index in [2.05, 4.69) is 11.2 Å². The molecule has 1 fully saturated rings. The van der Waals surface area contributed by atoms with Crippen LogP contribution in [0.4, 0.5) is 0 Å². The van der Waals surface area contributed by atoms with Crippen LogP contribution < -0.4 is 0 Å². The van der Waals surface area contributed by atoms with Crippen LogP contribution in [0.5, 0.6) is 0 Å². The predicted octanol–water partition coefficient (Wildman–Crippen LogP) is 0.673. The number of piperidine rings is 1. The minimum atomic E-state index is -1.06. The van der Waals surface area contributed by atoms with Gasteiger partial charge in [-0.3, -0.25) is 4.90 Å². The third-order valence-electron chi connectivity index (χ3n) is 2.19. The van der Waals surface area contributed by atoms with Crippen LogP contribution in [-0.4, -0.2) is 41.3 Å². The van der Waals surface area contributed by atoms with E-state index in [9.17, 15) is 5.11 Å². The van der Waals surface area contributed by atoms with Crippen molar-refractivity contribution in [1.82, 2.24) is 4.90 Å². The molecule has 0 spiro atoms. The topological polar surface area (TPSA) is 47.3 Å². The second-order valence-corrected chi connectivity index (χ2v) is 3.86. The van der Waals surface area contributed by atoms with Gasteiger partial charge in [0.2, 0.25) is 0 Å². The van der Waals surface area contributed by atoms with Crippen molar-refractivity contribution in [3.63, 3.8) is 0 Å². The molecule has 1 N–H and O–H groups in total. The molecule has 1 aliphatic rings. The van der Waals surface area contributed by atoms with Crippen molar-refractivity contribution in [2.45, 2.75) is 18.4 Å². The lowest BCUT2D eigenvalue weighted by molar-refractivity contribution is 0.0313. The van der Waals surface area contributed by atoms with Gasteiger partial charge in [-0.2, -0.15) is 5.26 Å². The molecule has 0 saturated carbocycles. The van der Waals surface area contributed by atoms with Gasteiger partial charge in [0.15, 0.2) is 5.60 Å². The van der Waals surface area contributed by atoms with Crippen LogP contribution in [0, 0.1) is 11.3 Å². The van der Waals surface area contributed by atoms with Crippen molar-refractivity contribution in [2.75, 3.05) is 19.4 Å². The molecule has 0 aromatic heterocycles. The Hall–Kier alpha value is -0.420. The highest BCUT2D eigenvalue weighted by Gasteiger charge is 2.31. The zero-order valence-corrected chi connectivity index (χ0v) is 7.93.